The first-order chi connectivity index (χ1) is 6.33. The van der Waals surface area contributed by atoms with Crippen molar-refractivity contribution in [3.63, 3.8) is 0 Å². The summed E-state index contributed by atoms with van der Waals surface area (Å²) < 4.78 is 9.66. The van der Waals surface area contributed by atoms with E-state index in [1.807, 2.05) is 0 Å². The molecule has 0 atom stereocenters. The van der Waals surface area contributed by atoms with Crippen LogP contribution < -0.4 is 0 Å². The molecule has 0 aliphatic rings. The first kappa shape index (κ1) is 10.1. The predicted molar refractivity (Wildman–Crippen MR) is 45.0 cm³/mol. The van der Waals surface area contributed by atoms with Crippen molar-refractivity contribution < 1.29 is 14.3 Å². The van der Waals surface area contributed by atoms with Crippen molar-refractivity contribution in [2.24, 2.45) is 0 Å². The Morgan fingerprint density at radius 3 is 3.15 bits per heavy atom. The van der Waals surface area contributed by atoms with Gasteiger partial charge in [0.15, 0.2) is 5.51 Å². The molecule has 0 unspecified atom stereocenters. The molecule has 0 fully saturated rings. The van der Waals surface area contributed by atoms with E-state index < -0.39 is 0 Å². The highest BCUT2D eigenvalue weighted by atomic mass is 32.1. The molecule has 0 saturated heterocycles. The van der Waals surface area contributed by atoms with Crippen LogP contribution in [0.25, 0.3) is 0 Å². The van der Waals surface area contributed by atoms with Crippen LogP contribution in [-0.4, -0.2) is 29.4 Å². The molecule has 1 heterocycles. The average Bonchev–Trinajstić information content (AvgIpc) is 2.57. The summed E-state index contributed by atoms with van der Waals surface area (Å²) in [6, 6.07) is 0. The number of rotatable bonds is 5. The molecule has 1 rings (SSSR count). The third-order valence-corrected chi connectivity index (χ3v) is 1.72. The minimum Gasteiger partial charge on any atom is -0.464 e. The van der Waals surface area contributed by atoms with E-state index in [1.165, 1.54) is 11.3 Å². The van der Waals surface area contributed by atoms with Gasteiger partial charge in [0, 0.05) is 0 Å². The lowest BCUT2D eigenvalue weighted by Gasteiger charge is -2.00. The van der Waals surface area contributed by atoms with Crippen molar-refractivity contribution >= 4 is 17.3 Å². The van der Waals surface area contributed by atoms with Gasteiger partial charge in [-0.2, -0.15) is 0 Å². The Bertz CT molecular complexity index is 250. The van der Waals surface area contributed by atoms with Gasteiger partial charge in [-0.05, 0) is 6.92 Å². The first-order valence-corrected chi connectivity index (χ1v) is 4.56. The zero-order valence-electron chi connectivity index (χ0n) is 7.15. The Morgan fingerprint density at radius 2 is 2.54 bits per heavy atom. The summed E-state index contributed by atoms with van der Waals surface area (Å²) in [7, 11) is 0. The molecule has 0 aliphatic heterocycles. The fraction of sp³-hybridized carbons (Fsp3) is 0.571. The topological polar surface area (TPSA) is 61.3 Å². The number of carbonyl (C=O) groups is 1. The summed E-state index contributed by atoms with van der Waals surface area (Å²) in [6.07, 6.45) is 0. The molecule has 6 heteroatoms. The van der Waals surface area contributed by atoms with E-state index in [-0.39, 0.29) is 19.2 Å². The second-order valence-electron chi connectivity index (χ2n) is 2.08. The highest BCUT2D eigenvalue weighted by Crippen LogP contribution is 2.01. The lowest BCUT2D eigenvalue weighted by Crippen LogP contribution is -2.12. The number of ether oxygens (including phenoxy) is 2. The van der Waals surface area contributed by atoms with Gasteiger partial charge in [-0.25, -0.2) is 4.79 Å². The van der Waals surface area contributed by atoms with Crippen LogP contribution in [0.5, 0.6) is 0 Å². The number of aromatic nitrogens is 2. The zero-order valence-corrected chi connectivity index (χ0v) is 7.97. The molecule has 0 aromatic carbocycles. The van der Waals surface area contributed by atoms with Crippen LogP contribution in [0.2, 0.25) is 0 Å². The zero-order chi connectivity index (χ0) is 9.52. The summed E-state index contributed by atoms with van der Waals surface area (Å²) in [5.41, 5.74) is 2.58. The molecule has 5 nitrogen and oxygen atoms in total. The molecule has 1 aromatic heterocycles. The highest BCUT2D eigenvalue weighted by molar-refractivity contribution is 7.08. The molecule has 0 saturated carbocycles. The normalized spacial score (nSPS) is 9.92. The van der Waals surface area contributed by atoms with Crippen LogP contribution in [0.15, 0.2) is 0 Å². The Hall–Kier alpha value is -1.01. The third kappa shape index (κ3) is 3.95. The average molecular weight is 201 g/mol. The fourth-order valence-electron chi connectivity index (χ4n) is 0.652. The van der Waals surface area contributed by atoms with Gasteiger partial charge in [-0.15, -0.1) is 10.2 Å². The van der Waals surface area contributed by atoms with Crippen LogP contribution in [0.1, 0.15) is 11.9 Å². The van der Waals surface area contributed by atoms with Crippen molar-refractivity contribution in [1.29, 1.82) is 0 Å². The minimum atomic E-state index is -0.365. The maximum atomic E-state index is 10.8. The minimum absolute atomic E-state index is 0.0482. The molecule has 1 radical (unpaired) electrons. The van der Waals surface area contributed by atoms with Gasteiger partial charge in [-0.3, -0.25) is 0 Å². The summed E-state index contributed by atoms with van der Waals surface area (Å²) in [4.78, 5) is 10.8. The van der Waals surface area contributed by atoms with Crippen LogP contribution in [-0.2, 0) is 20.9 Å². The molecular weight excluding hydrogens is 192 g/mol. The number of hydrogen-bond acceptors (Lipinski definition) is 6. The molecule has 0 bridgehead atoms. The molecular formula is C7H9N2O3S. The molecule has 0 amide bonds. The lowest BCUT2D eigenvalue weighted by molar-refractivity contribution is -0.148. The molecule has 13 heavy (non-hydrogen) atoms. The van der Waals surface area contributed by atoms with E-state index in [0.717, 1.165) is 0 Å². The second kappa shape index (κ2) is 5.60. The highest BCUT2D eigenvalue weighted by Gasteiger charge is 2.02. The van der Waals surface area contributed by atoms with Crippen molar-refractivity contribution in [2.45, 2.75) is 13.5 Å². The fourth-order valence-corrected chi connectivity index (χ4v) is 1.06. The summed E-state index contributed by atoms with van der Waals surface area (Å²) in [5, 5.41) is 7.90. The summed E-state index contributed by atoms with van der Waals surface area (Å²) in [5.74, 6) is -0.365. The number of carbonyl (C=O) groups excluding carboxylic acids is 1. The standard InChI is InChI=1S/C7H9N2O3S/c1-2-12-7(10)4-11-3-6-9-8-5-13-6/h2-4H2,1H3. The molecule has 71 valence electrons. The first-order valence-electron chi connectivity index (χ1n) is 3.74. The van der Waals surface area contributed by atoms with Gasteiger partial charge >= 0.3 is 5.97 Å². The van der Waals surface area contributed by atoms with E-state index in [1.54, 1.807) is 6.92 Å². The number of hydrogen-bond donors (Lipinski definition) is 0. The van der Waals surface area contributed by atoms with Gasteiger partial charge < -0.3 is 9.47 Å². The Balaban J connectivity index is 2.11. The van der Waals surface area contributed by atoms with Crippen molar-refractivity contribution in [2.75, 3.05) is 13.2 Å². The van der Waals surface area contributed by atoms with Gasteiger partial charge in [0.25, 0.3) is 0 Å². The maximum absolute atomic E-state index is 10.8. The van der Waals surface area contributed by atoms with E-state index >= 15 is 0 Å². The third-order valence-electron chi connectivity index (χ3n) is 1.12. The molecule has 0 N–H and O–H groups in total. The molecule has 1 aromatic rings. The molecule has 0 spiro atoms. The van der Waals surface area contributed by atoms with Gasteiger partial charge in [-0.1, -0.05) is 11.3 Å². The van der Waals surface area contributed by atoms with Crippen LogP contribution in [0, 0.1) is 5.51 Å². The van der Waals surface area contributed by atoms with E-state index in [9.17, 15) is 4.79 Å². The summed E-state index contributed by atoms with van der Waals surface area (Å²) in [6.45, 7) is 2.35. The smallest absolute Gasteiger partial charge is 0.332 e. The predicted octanol–water partition coefficient (Wildman–Crippen LogP) is 0.418. The number of nitrogens with zero attached hydrogens (tertiary/aromatic N) is 2. The lowest BCUT2D eigenvalue weighted by atomic mass is 10.7. The Labute approximate surface area is 79.7 Å². The van der Waals surface area contributed by atoms with Gasteiger partial charge in [0.2, 0.25) is 0 Å². The van der Waals surface area contributed by atoms with Crippen LogP contribution in [0.4, 0.5) is 0 Å². The summed E-state index contributed by atoms with van der Waals surface area (Å²) >= 11 is 1.26. The Kier molecular flexibility index (Phi) is 4.34. The van der Waals surface area contributed by atoms with E-state index in [0.29, 0.717) is 11.6 Å². The quantitative estimate of drug-likeness (QED) is 0.646. The largest absolute Gasteiger partial charge is 0.464 e. The monoisotopic (exact) mass is 201 g/mol. The van der Waals surface area contributed by atoms with Crippen molar-refractivity contribution in [3.05, 3.63) is 10.5 Å². The van der Waals surface area contributed by atoms with Gasteiger partial charge in [0.05, 0.1) is 6.61 Å². The second-order valence-corrected chi connectivity index (χ2v) is 2.94. The maximum Gasteiger partial charge on any atom is 0.332 e. The van der Waals surface area contributed by atoms with Crippen molar-refractivity contribution in [1.82, 2.24) is 10.2 Å². The Morgan fingerprint density at radius 1 is 1.69 bits per heavy atom. The van der Waals surface area contributed by atoms with Gasteiger partial charge in [0.1, 0.15) is 18.2 Å². The molecule has 0 aliphatic carbocycles. The van der Waals surface area contributed by atoms with Crippen LogP contribution >= 0.6 is 11.3 Å². The number of esters is 1. The van der Waals surface area contributed by atoms with E-state index in [4.69, 9.17) is 4.74 Å². The van der Waals surface area contributed by atoms with Crippen LogP contribution in [0.3, 0.4) is 0 Å². The van der Waals surface area contributed by atoms with Crippen molar-refractivity contribution in [3.8, 4) is 0 Å². The van der Waals surface area contributed by atoms with E-state index in [2.05, 4.69) is 20.4 Å². The SMILES string of the molecule is CCOC(=O)COCc1nn[c]s1.